The third kappa shape index (κ3) is 4.23. The van der Waals surface area contributed by atoms with Gasteiger partial charge in [-0.15, -0.1) is 5.10 Å². The molecule has 0 radical (unpaired) electrons. The molecule has 0 aliphatic carbocycles. The zero-order valence-corrected chi connectivity index (χ0v) is 14.4. The summed E-state index contributed by atoms with van der Waals surface area (Å²) in [6, 6.07) is 17.8. The topological polar surface area (TPSA) is 63.2 Å². The molecule has 0 spiro atoms. The maximum Gasteiger partial charge on any atom is 0.249 e. The molecular weight excluding hydrogens is 314 g/mol. The van der Waals surface area contributed by atoms with E-state index in [2.05, 4.69) is 32.3 Å². The predicted molar refractivity (Wildman–Crippen MR) is 99.8 cm³/mol. The molecule has 1 N–H and O–H groups in total. The summed E-state index contributed by atoms with van der Waals surface area (Å²) in [5, 5.41) is 11.3. The molecule has 0 amide bonds. The highest BCUT2D eigenvalue weighted by molar-refractivity contribution is 5.61. The van der Waals surface area contributed by atoms with E-state index in [1.807, 2.05) is 61.5 Å². The first kappa shape index (κ1) is 16.7. The minimum absolute atomic E-state index is 0.455. The Hall–Kier alpha value is -3.15. The van der Waals surface area contributed by atoms with E-state index in [9.17, 15) is 0 Å². The molecule has 0 aliphatic rings. The van der Waals surface area contributed by atoms with Crippen LogP contribution >= 0.6 is 0 Å². The summed E-state index contributed by atoms with van der Waals surface area (Å²) in [6.07, 6.45) is 1.67. The van der Waals surface area contributed by atoms with Crippen molar-refractivity contribution in [2.45, 2.75) is 13.8 Å². The third-order valence-corrected chi connectivity index (χ3v) is 3.63. The van der Waals surface area contributed by atoms with Crippen molar-refractivity contribution in [3.05, 3.63) is 60.8 Å². The fraction of sp³-hybridized carbons (Fsp3) is 0.211. The van der Waals surface area contributed by atoms with E-state index in [4.69, 9.17) is 4.74 Å². The van der Waals surface area contributed by atoms with E-state index >= 15 is 0 Å². The SMILES string of the molecule is CCOc1ccc(Nc2nncc(N(CC)c3ccccc3)n2)cc1. The minimum Gasteiger partial charge on any atom is -0.494 e. The molecule has 0 unspecified atom stereocenters. The van der Waals surface area contributed by atoms with Crippen molar-refractivity contribution in [1.29, 1.82) is 0 Å². The van der Waals surface area contributed by atoms with Gasteiger partial charge in [0.15, 0.2) is 5.82 Å². The molecule has 1 aromatic heterocycles. The van der Waals surface area contributed by atoms with Gasteiger partial charge in [0.25, 0.3) is 0 Å². The summed E-state index contributed by atoms with van der Waals surface area (Å²) in [7, 11) is 0. The van der Waals surface area contributed by atoms with Gasteiger partial charge < -0.3 is 15.0 Å². The molecule has 0 atom stereocenters. The summed E-state index contributed by atoms with van der Waals surface area (Å²) >= 11 is 0. The first-order valence-corrected chi connectivity index (χ1v) is 8.32. The van der Waals surface area contributed by atoms with Gasteiger partial charge in [0, 0.05) is 17.9 Å². The molecule has 0 saturated heterocycles. The van der Waals surface area contributed by atoms with Gasteiger partial charge in [0.2, 0.25) is 5.95 Å². The lowest BCUT2D eigenvalue weighted by molar-refractivity contribution is 0.340. The first-order chi connectivity index (χ1) is 12.3. The number of hydrogen-bond acceptors (Lipinski definition) is 6. The second-order valence-electron chi connectivity index (χ2n) is 5.30. The molecule has 128 valence electrons. The zero-order chi connectivity index (χ0) is 17.5. The van der Waals surface area contributed by atoms with Crippen LogP contribution in [-0.2, 0) is 0 Å². The summed E-state index contributed by atoms with van der Waals surface area (Å²) in [5.74, 6) is 2.04. The molecule has 1 heterocycles. The number of para-hydroxylation sites is 1. The average molecular weight is 335 g/mol. The monoisotopic (exact) mass is 335 g/mol. The molecule has 0 aliphatic heterocycles. The number of rotatable bonds is 7. The van der Waals surface area contributed by atoms with Crippen molar-refractivity contribution >= 4 is 23.1 Å². The summed E-state index contributed by atoms with van der Waals surface area (Å²) < 4.78 is 5.45. The molecule has 0 bridgehead atoms. The number of hydrogen-bond donors (Lipinski definition) is 1. The molecule has 0 fully saturated rings. The Morgan fingerprint density at radius 2 is 1.76 bits per heavy atom. The molecule has 2 aromatic carbocycles. The highest BCUT2D eigenvalue weighted by Gasteiger charge is 2.10. The summed E-state index contributed by atoms with van der Waals surface area (Å²) in [6.45, 7) is 5.47. The number of aromatic nitrogens is 3. The lowest BCUT2D eigenvalue weighted by Gasteiger charge is -2.21. The Bertz CT molecular complexity index is 792. The van der Waals surface area contributed by atoms with Crippen LogP contribution in [0, 0.1) is 0 Å². The molecule has 3 aromatic rings. The predicted octanol–water partition coefficient (Wildman–Crippen LogP) is 4.17. The smallest absolute Gasteiger partial charge is 0.249 e. The normalized spacial score (nSPS) is 10.3. The van der Waals surface area contributed by atoms with Crippen molar-refractivity contribution in [3.63, 3.8) is 0 Å². The number of nitrogens with one attached hydrogen (secondary N) is 1. The minimum atomic E-state index is 0.455. The van der Waals surface area contributed by atoms with Crippen molar-refractivity contribution in [2.24, 2.45) is 0 Å². The van der Waals surface area contributed by atoms with E-state index < -0.39 is 0 Å². The van der Waals surface area contributed by atoms with Gasteiger partial charge in [-0.1, -0.05) is 18.2 Å². The Labute approximate surface area is 147 Å². The Balaban J connectivity index is 1.79. The maximum atomic E-state index is 5.45. The largest absolute Gasteiger partial charge is 0.494 e. The Kier molecular flexibility index (Phi) is 5.41. The van der Waals surface area contributed by atoms with Gasteiger partial charge in [0.1, 0.15) is 5.75 Å². The van der Waals surface area contributed by atoms with Crippen LogP contribution in [0.1, 0.15) is 13.8 Å². The molecule has 6 heteroatoms. The van der Waals surface area contributed by atoms with Crippen LogP contribution in [0.25, 0.3) is 0 Å². The van der Waals surface area contributed by atoms with Crippen molar-refractivity contribution in [3.8, 4) is 5.75 Å². The molecule has 6 nitrogen and oxygen atoms in total. The van der Waals surface area contributed by atoms with Gasteiger partial charge >= 0.3 is 0 Å². The van der Waals surface area contributed by atoms with Crippen molar-refractivity contribution < 1.29 is 4.74 Å². The summed E-state index contributed by atoms with van der Waals surface area (Å²) in [4.78, 5) is 6.67. The van der Waals surface area contributed by atoms with E-state index in [0.29, 0.717) is 12.6 Å². The van der Waals surface area contributed by atoms with Crippen LogP contribution in [0.3, 0.4) is 0 Å². The van der Waals surface area contributed by atoms with E-state index in [1.165, 1.54) is 0 Å². The fourth-order valence-corrected chi connectivity index (χ4v) is 2.49. The number of anilines is 4. The molecular formula is C19H21N5O. The van der Waals surface area contributed by atoms with Crippen molar-refractivity contribution in [2.75, 3.05) is 23.4 Å². The second kappa shape index (κ2) is 8.10. The Morgan fingerprint density at radius 1 is 1.00 bits per heavy atom. The van der Waals surface area contributed by atoms with E-state index in [0.717, 1.165) is 29.5 Å². The average Bonchev–Trinajstić information content (AvgIpc) is 2.66. The van der Waals surface area contributed by atoms with Crippen LogP contribution < -0.4 is 15.0 Å². The molecule has 0 saturated carbocycles. The van der Waals surface area contributed by atoms with Crippen LogP contribution in [-0.4, -0.2) is 28.3 Å². The van der Waals surface area contributed by atoms with Crippen LogP contribution in [0.2, 0.25) is 0 Å². The van der Waals surface area contributed by atoms with Gasteiger partial charge in [0.05, 0.1) is 12.8 Å². The van der Waals surface area contributed by atoms with E-state index in [1.54, 1.807) is 6.20 Å². The highest BCUT2D eigenvalue weighted by atomic mass is 16.5. The fourth-order valence-electron chi connectivity index (χ4n) is 2.49. The van der Waals surface area contributed by atoms with Crippen LogP contribution in [0.15, 0.2) is 60.8 Å². The maximum absolute atomic E-state index is 5.45. The number of nitrogens with zero attached hydrogens (tertiary/aromatic N) is 4. The lowest BCUT2D eigenvalue weighted by Crippen LogP contribution is -2.18. The standard InChI is InChI=1S/C19H21N5O/c1-3-24(16-8-6-5-7-9-16)18-14-20-23-19(22-18)21-15-10-12-17(13-11-15)25-4-2/h5-14H,3-4H2,1-2H3,(H,21,22,23). The number of ether oxygens (including phenoxy) is 1. The lowest BCUT2D eigenvalue weighted by atomic mass is 10.3. The van der Waals surface area contributed by atoms with E-state index in [-0.39, 0.29) is 0 Å². The van der Waals surface area contributed by atoms with Crippen LogP contribution in [0.4, 0.5) is 23.1 Å². The van der Waals surface area contributed by atoms with Gasteiger partial charge in [-0.3, -0.25) is 0 Å². The summed E-state index contributed by atoms with van der Waals surface area (Å²) in [5.41, 5.74) is 1.95. The molecule has 25 heavy (non-hydrogen) atoms. The first-order valence-electron chi connectivity index (χ1n) is 8.32. The highest BCUT2D eigenvalue weighted by Crippen LogP contribution is 2.24. The van der Waals surface area contributed by atoms with Crippen LogP contribution in [0.5, 0.6) is 5.75 Å². The molecule has 3 rings (SSSR count). The van der Waals surface area contributed by atoms with Gasteiger partial charge in [-0.25, -0.2) is 0 Å². The Morgan fingerprint density at radius 3 is 2.44 bits per heavy atom. The zero-order valence-electron chi connectivity index (χ0n) is 14.4. The van der Waals surface area contributed by atoms with Crippen molar-refractivity contribution in [1.82, 2.24) is 15.2 Å². The van der Waals surface area contributed by atoms with Gasteiger partial charge in [-0.05, 0) is 50.2 Å². The number of benzene rings is 2. The quantitative estimate of drug-likeness (QED) is 0.699. The second-order valence-corrected chi connectivity index (χ2v) is 5.30. The third-order valence-electron chi connectivity index (χ3n) is 3.63. The van der Waals surface area contributed by atoms with Gasteiger partial charge in [-0.2, -0.15) is 10.1 Å².